The summed E-state index contributed by atoms with van der Waals surface area (Å²) in [6, 6.07) is 16.6. The molecule has 0 radical (unpaired) electrons. The molecule has 0 spiro atoms. The Morgan fingerprint density at radius 1 is 0.940 bits per heavy atom. The van der Waals surface area contributed by atoms with Gasteiger partial charge in [0, 0.05) is 42.6 Å². The number of rotatable bonds is 11. The van der Waals surface area contributed by atoms with Crippen molar-refractivity contribution >= 4 is 21.6 Å². The fourth-order valence-electron chi connectivity index (χ4n) is 9.15. The molecule has 1 aliphatic carbocycles. The van der Waals surface area contributed by atoms with Crippen LogP contribution in [0.4, 0.5) is 19.3 Å². The molecule has 1 aromatic heterocycles. The number of alkyl halides is 1. The van der Waals surface area contributed by atoms with E-state index < -0.39 is 21.6 Å². The lowest BCUT2D eigenvalue weighted by Crippen LogP contribution is -2.65. The number of anilines is 1. The van der Waals surface area contributed by atoms with E-state index in [4.69, 9.17) is 4.74 Å². The number of nitrogens with zero attached hydrogens (tertiary/aromatic N) is 4. The van der Waals surface area contributed by atoms with Crippen LogP contribution in [0.5, 0.6) is 0 Å². The molecule has 12 heteroatoms. The zero-order valence-electron chi connectivity index (χ0n) is 28.6. The Hall–Kier alpha value is -3.61. The fourth-order valence-corrected chi connectivity index (χ4v) is 10.4. The van der Waals surface area contributed by atoms with Crippen LogP contribution in [-0.4, -0.2) is 100 Å². The standard InChI is InChI=1S/C38H47F2N5O4S/c1-49-36(46)42-35-8-3-7-34(35)38(27-43-19-4-20-43,29-5-2-6-30(39)23-29)28-15-21-44(22-16-28)24-37(40)25-45(26-37)31-9-11-32(12-10-31)50(47,48)33-13-17-41-18-14-33/h2,5-6,9-14,17-18,23,28,34-35H,3-4,7-8,15-16,19-22,24-27H2,1H3,(H,42,46)/t34-,35-,38?/m0/s1. The van der Waals surface area contributed by atoms with Crippen molar-refractivity contribution in [3.63, 3.8) is 0 Å². The van der Waals surface area contributed by atoms with Gasteiger partial charge in [-0.2, -0.15) is 0 Å². The summed E-state index contributed by atoms with van der Waals surface area (Å²) in [5, 5.41) is 3.14. The number of carbonyl (C=O) groups excluding carboxylic acids is 1. The van der Waals surface area contributed by atoms with E-state index >= 15 is 4.39 Å². The first-order valence-electron chi connectivity index (χ1n) is 17.8. The number of amides is 1. The van der Waals surface area contributed by atoms with Gasteiger partial charge in [-0.05, 0) is 124 Å². The first-order valence-corrected chi connectivity index (χ1v) is 19.3. The molecule has 2 aromatic carbocycles. The number of pyridine rings is 1. The van der Waals surface area contributed by atoms with Crippen molar-refractivity contribution in [1.82, 2.24) is 20.1 Å². The van der Waals surface area contributed by atoms with Gasteiger partial charge in [0.15, 0.2) is 5.67 Å². The lowest BCUT2D eigenvalue weighted by atomic mass is 9.57. The molecule has 3 aliphatic heterocycles. The average molecular weight is 708 g/mol. The quantitative estimate of drug-likeness (QED) is 0.281. The van der Waals surface area contributed by atoms with Crippen molar-refractivity contribution < 1.29 is 26.7 Å². The van der Waals surface area contributed by atoms with E-state index in [1.807, 2.05) is 11.0 Å². The Morgan fingerprint density at radius 2 is 1.64 bits per heavy atom. The van der Waals surface area contributed by atoms with Crippen molar-refractivity contribution in [1.29, 1.82) is 0 Å². The minimum atomic E-state index is -3.65. The van der Waals surface area contributed by atoms with Gasteiger partial charge in [-0.15, -0.1) is 0 Å². The summed E-state index contributed by atoms with van der Waals surface area (Å²) < 4.78 is 62.1. The minimum Gasteiger partial charge on any atom is -0.453 e. The highest BCUT2D eigenvalue weighted by Gasteiger charge is 2.54. The molecule has 3 aromatic rings. The highest BCUT2D eigenvalue weighted by atomic mass is 32.2. The van der Waals surface area contributed by atoms with E-state index in [0.29, 0.717) is 6.54 Å². The van der Waals surface area contributed by atoms with Gasteiger partial charge in [-0.3, -0.25) is 9.88 Å². The zero-order valence-corrected chi connectivity index (χ0v) is 29.5. The Morgan fingerprint density at radius 3 is 2.28 bits per heavy atom. The number of likely N-dealkylation sites (tertiary alicyclic amines) is 2. The maximum atomic E-state index is 16.1. The van der Waals surface area contributed by atoms with Crippen LogP contribution in [-0.2, 0) is 20.0 Å². The molecule has 1 unspecified atom stereocenters. The largest absolute Gasteiger partial charge is 0.453 e. The Labute approximate surface area is 293 Å². The van der Waals surface area contributed by atoms with Gasteiger partial charge in [0.2, 0.25) is 9.84 Å². The Balaban J connectivity index is 1.03. The molecule has 4 heterocycles. The number of hydrogen-bond acceptors (Lipinski definition) is 8. The monoisotopic (exact) mass is 707 g/mol. The summed E-state index contributed by atoms with van der Waals surface area (Å²) in [5.41, 5.74) is 0.0623. The predicted octanol–water partition coefficient (Wildman–Crippen LogP) is 5.46. The van der Waals surface area contributed by atoms with Gasteiger partial charge in [0.05, 0.1) is 30.0 Å². The maximum Gasteiger partial charge on any atom is 0.407 e. The van der Waals surface area contributed by atoms with Crippen molar-refractivity contribution in [3.8, 4) is 0 Å². The van der Waals surface area contributed by atoms with Crippen molar-refractivity contribution in [2.75, 3.05) is 64.4 Å². The lowest BCUT2D eigenvalue weighted by molar-refractivity contribution is 0.00584. The zero-order chi connectivity index (χ0) is 34.9. The third-order valence-electron chi connectivity index (χ3n) is 11.7. The summed E-state index contributed by atoms with van der Waals surface area (Å²) in [6.07, 6.45) is 8.14. The van der Waals surface area contributed by atoms with E-state index in [1.54, 1.807) is 30.3 Å². The summed E-state index contributed by atoms with van der Waals surface area (Å²) in [7, 11) is -2.26. The minimum absolute atomic E-state index is 0.0649. The van der Waals surface area contributed by atoms with Gasteiger partial charge in [0.1, 0.15) is 5.82 Å². The molecule has 4 fully saturated rings. The van der Waals surface area contributed by atoms with Gasteiger partial charge < -0.3 is 19.9 Å². The number of nitrogens with one attached hydrogen (secondary N) is 1. The van der Waals surface area contributed by atoms with E-state index in [-0.39, 0.29) is 52.0 Å². The SMILES string of the molecule is COC(=O)N[C@H]1CCC[C@@H]1C(CN1CCC1)(c1cccc(F)c1)C1CCN(CC2(F)CN(c3ccc(S(=O)(=O)c4ccncc4)cc3)C2)CC1. The molecule has 7 rings (SSSR count). The van der Waals surface area contributed by atoms with Crippen LogP contribution in [0.2, 0.25) is 0 Å². The van der Waals surface area contributed by atoms with Crippen molar-refractivity contribution in [2.24, 2.45) is 11.8 Å². The number of aromatic nitrogens is 1. The van der Waals surface area contributed by atoms with Crippen LogP contribution < -0.4 is 10.2 Å². The first kappa shape index (κ1) is 34.8. The first-order chi connectivity index (χ1) is 24.1. The van der Waals surface area contributed by atoms with Crippen LogP contribution in [0.3, 0.4) is 0 Å². The normalized spacial score (nSPS) is 24.2. The maximum absolute atomic E-state index is 16.1. The number of piperidine rings is 1. The van der Waals surface area contributed by atoms with Gasteiger partial charge >= 0.3 is 6.09 Å². The summed E-state index contributed by atoms with van der Waals surface area (Å²) >= 11 is 0. The van der Waals surface area contributed by atoms with Gasteiger partial charge in [0.25, 0.3) is 0 Å². The molecule has 50 heavy (non-hydrogen) atoms. The molecule has 1 N–H and O–H groups in total. The number of hydrogen-bond donors (Lipinski definition) is 1. The van der Waals surface area contributed by atoms with Crippen molar-refractivity contribution in [2.45, 2.75) is 65.4 Å². The number of alkyl carbamates (subject to hydrolysis) is 1. The molecule has 4 aliphatic rings. The third kappa shape index (κ3) is 6.86. The second-order valence-corrected chi connectivity index (χ2v) is 16.6. The van der Waals surface area contributed by atoms with Crippen LogP contribution in [0.15, 0.2) is 82.8 Å². The van der Waals surface area contributed by atoms with Gasteiger partial charge in [-0.1, -0.05) is 18.6 Å². The molecular weight excluding hydrogens is 661 g/mol. The molecule has 0 bridgehead atoms. The molecule has 1 saturated carbocycles. The van der Waals surface area contributed by atoms with Crippen LogP contribution in [0, 0.1) is 17.7 Å². The van der Waals surface area contributed by atoms with E-state index in [1.165, 1.54) is 37.7 Å². The third-order valence-corrected chi connectivity index (χ3v) is 13.5. The summed E-state index contributed by atoms with van der Waals surface area (Å²) in [5.74, 6) is 0.114. The molecule has 9 nitrogen and oxygen atoms in total. The second kappa shape index (κ2) is 14.2. The number of sulfone groups is 1. The van der Waals surface area contributed by atoms with E-state index in [2.05, 4.69) is 26.2 Å². The second-order valence-electron chi connectivity index (χ2n) is 14.7. The number of methoxy groups -OCH3 is 1. The highest BCUT2D eigenvalue weighted by molar-refractivity contribution is 7.91. The fraction of sp³-hybridized carbons (Fsp3) is 0.526. The molecule has 1 amide bonds. The lowest BCUT2D eigenvalue weighted by Gasteiger charge is -2.54. The molecular formula is C38H47F2N5O4S. The van der Waals surface area contributed by atoms with Crippen LogP contribution in [0.1, 0.15) is 44.1 Å². The van der Waals surface area contributed by atoms with Gasteiger partial charge in [-0.25, -0.2) is 22.0 Å². The number of ether oxygens (including phenoxy) is 1. The van der Waals surface area contributed by atoms with E-state index in [9.17, 15) is 17.6 Å². The topological polar surface area (TPSA) is 95.1 Å². The molecule has 3 atom stereocenters. The summed E-state index contributed by atoms with van der Waals surface area (Å²) in [4.78, 5) is 23.4. The highest BCUT2D eigenvalue weighted by Crippen LogP contribution is 2.51. The summed E-state index contributed by atoms with van der Waals surface area (Å²) in [6.45, 7) is 5.16. The average Bonchev–Trinajstić information content (AvgIpc) is 3.56. The number of benzene rings is 2. The smallest absolute Gasteiger partial charge is 0.407 e. The molecule has 3 saturated heterocycles. The Kier molecular flexibility index (Phi) is 9.88. The molecule has 268 valence electrons. The number of carbonyl (C=O) groups is 1. The van der Waals surface area contributed by atoms with Crippen LogP contribution in [0.25, 0.3) is 0 Å². The van der Waals surface area contributed by atoms with E-state index in [0.717, 1.165) is 82.5 Å². The predicted molar refractivity (Wildman–Crippen MR) is 187 cm³/mol. The Bertz CT molecular complexity index is 1750. The van der Waals surface area contributed by atoms with Crippen LogP contribution >= 0.6 is 0 Å². The number of halogens is 2. The van der Waals surface area contributed by atoms with Crippen molar-refractivity contribution in [3.05, 3.63) is 84.4 Å².